The van der Waals surface area contributed by atoms with Crippen molar-refractivity contribution in [2.45, 2.75) is 206 Å². The lowest BCUT2D eigenvalue weighted by molar-refractivity contribution is -0.161. The molecule has 0 aliphatic carbocycles. The van der Waals surface area contributed by atoms with E-state index in [9.17, 15) is 23.8 Å². The Kier molecular flexibility index (Phi) is 42.5. The number of carbonyl (C=O) groups is 3. The van der Waals surface area contributed by atoms with Gasteiger partial charge in [0, 0.05) is 25.8 Å². The van der Waals surface area contributed by atoms with Gasteiger partial charge in [-0.1, -0.05) is 171 Å². The highest BCUT2D eigenvalue weighted by Crippen LogP contribution is 2.43. The lowest BCUT2D eigenvalue weighted by Crippen LogP contribution is -2.29. The summed E-state index contributed by atoms with van der Waals surface area (Å²) in [7, 11) is -4.41. The first kappa shape index (κ1) is 57.4. The number of nitrogens with two attached hydrogens (primary N) is 1. The molecule has 0 amide bonds. The first-order valence-electron chi connectivity index (χ1n) is 23.7. The minimum atomic E-state index is -4.41. The minimum absolute atomic E-state index is 0.0351. The molecule has 3 N–H and O–H groups in total. The van der Waals surface area contributed by atoms with E-state index in [1.165, 1.54) is 96.3 Å². The van der Waals surface area contributed by atoms with Crippen LogP contribution in [0.1, 0.15) is 200 Å². The van der Waals surface area contributed by atoms with E-state index >= 15 is 0 Å². The summed E-state index contributed by atoms with van der Waals surface area (Å²) in [5.41, 5.74) is 5.35. The number of hydrogen-bond acceptors (Lipinski definition) is 9. The van der Waals surface area contributed by atoms with Gasteiger partial charge in [0.1, 0.15) is 6.61 Å². The summed E-state index contributed by atoms with van der Waals surface area (Å²) in [5, 5.41) is 0. The topological polar surface area (TPSA) is 151 Å². The molecule has 0 bridgehead atoms. The van der Waals surface area contributed by atoms with E-state index in [1.807, 2.05) is 24.3 Å². The third-order valence-corrected chi connectivity index (χ3v) is 10.8. The number of allylic oxidation sites excluding steroid dienone is 10. The molecule has 0 fully saturated rings. The molecular weight excluding hydrogens is 778 g/mol. The molecule has 0 aromatic heterocycles. The van der Waals surface area contributed by atoms with Crippen LogP contribution in [0.4, 0.5) is 0 Å². The van der Waals surface area contributed by atoms with Gasteiger partial charge in [0.2, 0.25) is 0 Å². The number of unbranched alkanes of at least 4 members (excludes halogenated alkanes) is 20. The number of ether oxygens (including phenoxy) is 2. The molecule has 0 heterocycles. The van der Waals surface area contributed by atoms with Crippen LogP contribution >= 0.6 is 7.82 Å². The van der Waals surface area contributed by atoms with E-state index in [1.54, 1.807) is 12.2 Å². The Hall–Kier alpha value is -2.62. The second-order valence-electron chi connectivity index (χ2n) is 15.7. The van der Waals surface area contributed by atoms with Gasteiger partial charge >= 0.3 is 19.8 Å². The molecular formula is C49H86NO9P. The molecule has 1 unspecified atom stereocenters. The van der Waals surface area contributed by atoms with Crippen molar-refractivity contribution in [1.82, 2.24) is 0 Å². The molecule has 0 aliphatic rings. The van der Waals surface area contributed by atoms with Gasteiger partial charge in [0.25, 0.3) is 0 Å². The predicted octanol–water partition coefficient (Wildman–Crippen LogP) is 13.2. The Labute approximate surface area is 365 Å². The predicted molar refractivity (Wildman–Crippen MR) is 248 cm³/mol. The summed E-state index contributed by atoms with van der Waals surface area (Å²) in [6.07, 6.45) is 49.6. The molecule has 11 heteroatoms. The molecule has 0 saturated carbocycles. The Morgan fingerprint density at radius 1 is 0.550 bits per heavy atom. The maximum absolute atomic E-state index is 12.6. The zero-order chi connectivity index (χ0) is 44.0. The summed E-state index contributed by atoms with van der Waals surface area (Å²) in [5.74, 6) is -0.760. The first-order chi connectivity index (χ1) is 29.2. The van der Waals surface area contributed by atoms with Crippen molar-refractivity contribution >= 4 is 25.5 Å². The van der Waals surface area contributed by atoms with Gasteiger partial charge in [-0.05, 0) is 70.3 Å². The number of phosphoric acid groups is 1. The fourth-order valence-electron chi connectivity index (χ4n) is 6.28. The normalized spacial score (nSPS) is 13.7. The van der Waals surface area contributed by atoms with Crippen LogP contribution in [-0.4, -0.2) is 55.1 Å². The van der Waals surface area contributed by atoms with Gasteiger partial charge in [-0.15, -0.1) is 0 Å². The van der Waals surface area contributed by atoms with Crippen LogP contribution in [0, 0.1) is 0 Å². The standard InChI is InChI=1S/C49H86NO9P/c1-3-5-7-8-9-10-11-12-13-14-15-16-17-18-19-20-23-27-30-33-37-41-49(53)59-47(45-58-60(54,55)57-43-42-50)44-56-48(52)40-36-32-29-26-24-21-22-25-28-31-35-39-46(51)38-34-6-4-2/h12-13,21-22,26,28-29,31,35,39,47H,3-11,14-20,23-25,27,30,32-34,36-38,40-45,50H2,1-2H3,(H,54,55)/b13-12-,22-21-,29-26-,31-28-,39-35+/t47-/m1/s1. The summed E-state index contributed by atoms with van der Waals surface area (Å²) < 4.78 is 32.8. The highest BCUT2D eigenvalue weighted by Gasteiger charge is 2.26. The van der Waals surface area contributed by atoms with Crippen molar-refractivity contribution in [3.63, 3.8) is 0 Å². The van der Waals surface area contributed by atoms with Gasteiger partial charge < -0.3 is 20.1 Å². The highest BCUT2D eigenvalue weighted by molar-refractivity contribution is 7.47. The zero-order valence-corrected chi connectivity index (χ0v) is 38.8. The van der Waals surface area contributed by atoms with Crippen molar-refractivity contribution < 1.29 is 42.4 Å². The summed E-state index contributed by atoms with van der Waals surface area (Å²) in [6, 6.07) is 0. The SMILES string of the molecule is CCCCCCCC/C=C\CCCCCCCCCCCCCC(=O)O[C@H](COC(=O)CCC/C=C\C/C=C\C/C=C\C=C\C(=O)CCCCC)COP(=O)(O)OCCN. The average Bonchev–Trinajstić information content (AvgIpc) is 3.23. The molecule has 0 aliphatic heterocycles. The van der Waals surface area contributed by atoms with E-state index in [-0.39, 0.29) is 38.4 Å². The molecule has 10 nitrogen and oxygen atoms in total. The monoisotopic (exact) mass is 864 g/mol. The molecule has 0 aromatic carbocycles. The summed E-state index contributed by atoms with van der Waals surface area (Å²) in [4.78, 5) is 46.7. The number of carbonyl (C=O) groups excluding carboxylic acids is 3. The Morgan fingerprint density at radius 2 is 1.03 bits per heavy atom. The lowest BCUT2D eigenvalue weighted by atomic mass is 10.0. The number of phosphoric ester groups is 1. The maximum Gasteiger partial charge on any atom is 0.472 e. The van der Waals surface area contributed by atoms with Crippen LogP contribution in [0.3, 0.4) is 0 Å². The van der Waals surface area contributed by atoms with Gasteiger partial charge in [-0.3, -0.25) is 23.4 Å². The van der Waals surface area contributed by atoms with E-state index in [0.29, 0.717) is 25.7 Å². The second kappa shape index (κ2) is 44.4. The van der Waals surface area contributed by atoms with E-state index < -0.39 is 32.5 Å². The largest absolute Gasteiger partial charge is 0.472 e. The molecule has 2 atom stereocenters. The van der Waals surface area contributed by atoms with Crippen LogP contribution in [0.5, 0.6) is 0 Å². The molecule has 0 aromatic rings. The number of hydrogen-bond donors (Lipinski definition) is 2. The first-order valence-corrected chi connectivity index (χ1v) is 25.2. The van der Waals surface area contributed by atoms with Crippen molar-refractivity contribution in [2.75, 3.05) is 26.4 Å². The molecule has 0 spiro atoms. The van der Waals surface area contributed by atoms with Crippen molar-refractivity contribution in [3.8, 4) is 0 Å². The van der Waals surface area contributed by atoms with Crippen molar-refractivity contribution in [2.24, 2.45) is 5.73 Å². The smallest absolute Gasteiger partial charge is 0.462 e. The van der Waals surface area contributed by atoms with E-state index in [2.05, 4.69) is 38.2 Å². The molecule has 0 saturated heterocycles. The fourth-order valence-corrected chi connectivity index (χ4v) is 7.05. The van der Waals surface area contributed by atoms with Gasteiger partial charge in [-0.25, -0.2) is 4.57 Å². The molecule has 60 heavy (non-hydrogen) atoms. The quantitative estimate of drug-likeness (QED) is 0.0151. The van der Waals surface area contributed by atoms with Gasteiger partial charge in [0.05, 0.1) is 13.2 Å². The average molecular weight is 864 g/mol. The minimum Gasteiger partial charge on any atom is -0.462 e. The second-order valence-corrected chi connectivity index (χ2v) is 17.1. The van der Waals surface area contributed by atoms with E-state index in [4.69, 9.17) is 24.3 Å². The van der Waals surface area contributed by atoms with Crippen LogP contribution in [0.2, 0.25) is 0 Å². The molecule has 0 radical (unpaired) electrons. The number of ketones is 1. The third kappa shape index (κ3) is 43.5. The fraction of sp³-hybridized carbons (Fsp3) is 0.735. The van der Waals surface area contributed by atoms with Crippen molar-refractivity contribution in [1.29, 1.82) is 0 Å². The van der Waals surface area contributed by atoms with Gasteiger partial charge in [0.15, 0.2) is 11.9 Å². The molecule has 346 valence electrons. The summed E-state index contributed by atoms with van der Waals surface area (Å²) in [6.45, 7) is 3.49. The van der Waals surface area contributed by atoms with Crippen LogP contribution in [0.25, 0.3) is 0 Å². The lowest BCUT2D eigenvalue weighted by Gasteiger charge is -2.19. The zero-order valence-electron chi connectivity index (χ0n) is 37.9. The summed E-state index contributed by atoms with van der Waals surface area (Å²) >= 11 is 0. The third-order valence-electron chi connectivity index (χ3n) is 9.85. The van der Waals surface area contributed by atoms with Crippen LogP contribution in [0.15, 0.2) is 60.8 Å². The Morgan fingerprint density at radius 3 is 1.65 bits per heavy atom. The Bertz CT molecular complexity index is 1230. The van der Waals surface area contributed by atoms with Crippen molar-refractivity contribution in [3.05, 3.63) is 60.8 Å². The van der Waals surface area contributed by atoms with Crippen LogP contribution in [-0.2, 0) is 37.5 Å². The van der Waals surface area contributed by atoms with Crippen LogP contribution < -0.4 is 5.73 Å². The number of rotatable bonds is 44. The van der Waals surface area contributed by atoms with Gasteiger partial charge in [-0.2, -0.15) is 0 Å². The molecule has 0 rings (SSSR count). The Balaban J connectivity index is 4.20. The number of esters is 2. The highest BCUT2D eigenvalue weighted by atomic mass is 31.2. The maximum atomic E-state index is 12.6. The van der Waals surface area contributed by atoms with E-state index in [0.717, 1.165) is 51.4 Å².